The number of rotatable bonds is 3. The van der Waals surface area contributed by atoms with Crippen LogP contribution in [0.25, 0.3) is 22.4 Å². The normalized spacial score (nSPS) is 15.4. The zero-order chi connectivity index (χ0) is 17.2. The Morgan fingerprint density at radius 3 is 2.48 bits per heavy atom. The van der Waals surface area contributed by atoms with E-state index in [0.717, 1.165) is 0 Å². The molecule has 2 nitrogen and oxygen atoms in total. The van der Waals surface area contributed by atoms with Crippen molar-refractivity contribution in [2.45, 2.75) is 26.2 Å². The van der Waals surface area contributed by atoms with Crippen LogP contribution >= 0.6 is 11.3 Å². The number of piperidine rings is 1. The van der Waals surface area contributed by atoms with Crippen molar-refractivity contribution < 1.29 is 4.57 Å². The van der Waals surface area contributed by atoms with Gasteiger partial charge in [0.05, 0.1) is 0 Å². The van der Waals surface area contributed by atoms with Gasteiger partial charge in [-0.2, -0.15) is 4.57 Å². The van der Waals surface area contributed by atoms with Gasteiger partial charge in [-0.3, -0.25) is 0 Å². The Hall–Kier alpha value is -2.13. The van der Waals surface area contributed by atoms with Crippen LogP contribution in [0.2, 0.25) is 0 Å². The Kier molecular flexibility index (Phi) is 4.58. The van der Waals surface area contributed by atoms with Gasteiger partial charge < -0.3 is 4.90 Å². The van der Waals surface area contributed by atoms with Gasteiger partial charge >= 0.3 is 0 Å². The van der Waals surface area contributed by atoms with Crippen LogP contribution in [0.1, 0.15) is 35.4 Å². The first-order chi connectivity index (χ1) is 12.2. The summed E-state index contributed by atoms with van der Waals surface area (Å²) in [6, 6.07) is 15.7. The van der Waals surface area contributed by atoms with Crippen molar-refractivity contribution in [1.82, 2.24) is 0 Å². The molecule has 0 aliphatic carbocycles. The number of benzene rings is 2. The number of aromatic nitrogens is 1. The van der Waals surface area contributed by atoms with Gasteiger partial charge in [0.2, 0.25) is 5.52 Å². The fourth-order valence-electron chi connectivity index (χ4n) is 3.54. The van der Waals surface area contributed by atoms with Gasteiger partial charge in [-0.05, 0) is 61.6 Å². The highest BCUT2D eigenvalue weighted by molar-refractivity contribution is 7.18. The van der Waals surface area contributed by atoms with Crippen LogP contribution in [0.4, 0.5) is 5.69 Å². The molecule has 128 valence electrons. The molecule has 2 heterocycles. The zero-order valence-electron chi connectivity index (χ0n) is 15.0. The molecule has 25 heavy (non-hydrogen) atoms. The lowest BCUT2D eigenvalue weighted by molar-refractivity contribution is -0.642. The third kappa shape index (κ3) is 3.47. The summed E-state index contributed by atoms with van der Waals surface area (Å²) in [6.45, 7) is 4.55. The van der Waals surface area contributed by atoms with Crippen LogP contribution in [0.3, 0.4) is 0 Å². The molecule has 0 atom stereocenters. The van der Waals surface area contributed by atoms with Gasteiger partial charge in [-0.25, -0.2) is 0 Å². The van der Waals surface area contributed by atoms with Gasteiger partial charge in [-0.15, -0.1) is 0 Å². The molecule has 1 aliphatic heterocycles. The van der Waals surface area contributed by atoms with Crippen molar-refractivity contribution in [1.29, 1.82) is 0 Å². The Bertz CT molecular complexity index is 900. The van der Waals surface area contributed by atoms with E-state index in [9.17, 15) is 0 Å². The van der Waals surface area contributed by atoms with E-state index >= 15 is 0 Å². The summed E-state index contributed by atoms with van der Waals surface area (Å²) in [6.07, 6.45) is 8.48. The van der Waals surface area contributed by atoms with Crippen LogP contribution in [-0.2, 0) is 7.05 Å². The standard InChI is InChI=1S/C22H25N2S/c1-17-6-12-21-20(16-17)23(2)22(25-21)13-9-18-7-10-19(11-8-18)24-14-4-3-5-15-24/h6-13,16H,3-5,14-15H2,1-2H3/q+1. The van der Waals surface area contributed by atoms with E-state index in [4.69, 9.17) is 0 Å². The van der Waals surface area contributed by atoms with E-state index in [1.165, 1.54) is 64.4 Å². The summed E-state index contributed by atoms with van der Waals surface area (Å²) < 4.78 is 3.62. The minimum atomic E-state index is 1.20. The maximum absolute atomic E-state index is 2.51. The average Bonchev–Trinajstić information content (AvgIpc) is 2.97. The topological polar surface area (TPSA) is 7.12 Å². The van der Waals surface area contributed by atoms with Crippen LogP contribution in [0.5, 0.6) is 0 Å². The van der Waals surface area contributed by atoms with Crippen molar-refractivity contribution in [3.05, 3.63) is 58.6 Å². The third-order valence-electron chi connectivity index (χ3n) is 5.05. The van der Waals surface area contributed by atoms with E-state index < -0.39 is 0 Å². The summed E-state index contributed by atoms with van der Waals surface area (Å²) in [5.74, 6) is 0. The molecule has 3 aromatic rings. The third-order valence-corrected chi connectivity index (χ3v) is 6.24. The molecule has 0 amide bonds. The lowest BCUT2D eigenvalue weighted by Crippen LogP contribution is -2.29. The van der Waals surface area contributed by atoms with E-state index in [1.807, 2.05) is 11.3 Å². The summed E-state index contributed by atoms with van der Waals surface area (Å²) in [5.41, 5.74) is 5.24. The Morgan fingerprint density at radius 1 is 0.960 bits per heavy atom. The van der Waals surface area contributed by atoms with E-state index in [2.05, 4.69) is 78.1 Å². The minimum absolute atomic E-state index is 1.20. The predicted octanol–water partition coefficient (Wildman–Crippen LogP) is 5.19. The number of hydrogen-bond acceptors (Lipinski definition) is 2. The highest BCUT2D eigenvalue weighted by atomic mass is 32.1. The molecular weight excluding hydrogens is 324 g/mol. The summed E-state index contributed by atoms with van der Waals surface area (Å²) in [4.78, 5) is 2.51. The molecule has 0 saturated carbocycles. The smallest absolute Gasteiger partial charge is 0.262 e. The summed E-state index contributed by atoms with van der Waals surface area (Å²) in [5, 5.41) is 1.28. The first-order valence-corrected chi connectivity index (χ1v) is 9.95. The molecule has 3 heteroatoms. The van der Waals surface area contributed by atoms with Crippen LogP contribution in [-0.4, -0.2) is 13.1 Å². The van der Waals surface area contributed by atoms with Crippen molar-refractivity contribution >= 4 is 39.4 Å². The largest absolute Gasteiger partial charge is 0.372 e. The number of thiazole rings is 1. The monoisotopic (exact) mass is 349 g/mol. The molecule has 1 aromatic heterocycles. The first-order valence-electron chi connectivity index (χ1n) is 9.13. The van der Waals surface area contributed by atoms with E-state index in [1.54, 1.807) is 0 Å². The highest BCUT2D eigenvalue weighted by Crippen LogP contribution is 2.24. The van der Waals surface area contributed by atoms with Crippen LogP contribution in [0.15, 0.2) is 42.5 Å². The maximum Gasteiger partial charge on any atom is 0.262 e. The first kappa shape index (κ1) is 16.3. The lowest BCUT2D eigenvalue weighted by atomic mass is 10.1. The number of anilines is 1. The van der Waals surface area contributed by atoms with Crippen molar-refractivity contribution in [2.75, 3.05) is 18.0 Å². The summed E-state index contributed by atoms with van der Waals surface area (Å²) >= 11 is 1.85. The van der Waals surface area contributed by atoms with Crippen molar-refractivity contribution in [2.24, 2.45) is 7.05 Å². The molecule has 4 rings (SSSR count). The fraction of sp³-hybridized carbons (Fsp3) is 0.318. The highest BCUT2D eigenvalue weighted by Gasteiger charge is 2.14. The molecule has 1 saturated heterocycles. The maximum atomic E-state index is 2.51. The van der Waals surface area contributed by atoms with Crippen molar-refractivity contribution in [3.8, 4) is 0 Å². The predicted molar refractivity (Wildman–Crippen MR) is 109 cm³/mol. The number of hydrogen-bond donors (Lipinski definition) is 0. The molecule has 1 fully saturated rings. The molecule has 0 N–H and O–H groups in total. The lowest BCUT2D eigenvalue weighted by Gasteiger charge is -2.28. The molecule has 0 radical (unpaired) electrons. The van der Waals surface area contributed by atoms with Gasteiger partial charge in [0.1, 0.15) is 11.7 Å². The van der Waals surface area contributed by atoms with Gasteiger partial charge in [0.15, 0.2) is 0 Å². The quantitative estimate of drug-likeness (QED) is 0.590. The number of aryl methyl sites for hydroxylation is 2. The molecule has 2 aromatic carbocycles. The molecule has 0 bridgehead atoms. The number of nitrogens with zero attached hydrogens (tertiary/aromatic N) is 2. The second-order valence-electron chi connectivity index (χ2n) is 6.94. The van der Waals surface area contributed by atoms with Crippen LogP contribution in [0, 0.1) is 6.92 Å². The Morgan fingerprint density at radius 2 is 1.72 bits per heavy atom. The van der Waals surface area contributed by atoms with Gasteiger partial charge in [0, 0.05) is 30.9 Å². The molecule has 1 aliphatic rings. The van der Waals surface area contributed by atoms with Crippen molar-refractivity contribution in [3.63, 3.8) is 0 Å². The van der Waals surface area contributed by atoms with Gasteiger partial charge in [-0.1, -0.05) is 29.5 Å². The molecular formula is C22H25N2S+. The van der Waals surface area contributed by atoms with E-state index in [-0.39, 0.29) is 0 Å². The average molecular weight is 350 g/mol. The number of fused-ring (bicyclic) bond motifs is 1. The Labute approximate surface area is 154 Å². The summed E-state index contributed by atoms with van der Waals surface area (Å²) in [7, 11) is 2.15. The second-order valence-corrected chi connectivity index (χ2v) is 8.01. The zero-order valence-corrected chi connectivity index (χ0v) is 15.9. The minimum Gasteiger partial charge on any atom is -0.372 e. The Balaban J connectivity index is 1.54. The van der Waals surface area contributed by atoms with Crippen LogP contribution < -0.4 is 9.47 Å². The molecule has 0 unspecified atom stereocenters. The second kappa shape index (κ2) is 7.01. The fourth-order valence-corrected chi connectivity index (χ4v) is 4.57. The SMILES string of the molecule is Cc1ccc2sc(C=Cc3ccc(N4CCCCC4)cc3)[n+](C)c2c1. The molecule has 0 spiro atoms. The van der Waals surface area contributed by atoms with E-state index in [0.29, 0.717) is 0 Å². The van der Waals surface area contributed by atoms with Gasteiger partial charge in [0.25, 0.3) is 5.01 Å².